The van der Waals surface area contributed by atoms with Crippen molar-refractivity contribution < 1.29 is 19.1 Å². The fourth-order valence-corrected chi connectivity index (χ4v) is 4.19. The monoisotopic (exact) mass is 513 g/mol. The maximum atomic E-state index is 14.0. The fourth-order valence-electron chi connectivity index (χ4n) is 4.19. The summed E-state index contributed by atoms with van der Waals surface area (Å²) in [5, 5.41) is 7.49. The molecule has 2 N–H and O–H groups in total. The smallest absolute Gasteiger partial charge is 0.408 e. The Hall–Kier alpha value is -4.31. The summed E-state index contributed by atoms with van der Waals surface area (Å²) in [7, 11) is 0. The van der Waals surface area contributed by atoms with Crippen molar-refractivity contribution in [2.24, 2.45) is 0 Å². The maximum Gasteiger partial charge on any atom is 0.408 e. The van der Waals surface area contributed by atoms with E-state index in [9.17, 15) is 14.4 Å². The molecule has 0 fully saturated rings. The number of terminal acetylenes is 1. The van der Waals surface area contributed by atoms with E-state index in [1.54, 1.807) is 45.0 Å². The standard InChI is InChI=1S/C31H35N3O4/c1-8-21-13-11-12-16-25(21)27(28(36)33-24-18-17-22-14-9-10-15-23(22)19-24)34(30(2,3)4)26(35)20-32-29(37)38-31(5,6)7/h1,9-19,27H,20H2,2-7H3,(H,32,37)(H,33,36). The van der Waals surface area contributed by atoms with Crippen molar-refractivity contribution in [1.82, 2.24) is 10.2 Å². The van der Waals surface area contributed by atoms with Crippen LogP contribution in [0.4, 0.5) is 10.5 Å². The molecule has 0 heterocycles. The summed E-state index contributed by atoms with van der Waals surface area (Å²) in [6.45, 7) is 10.3. The largest absolute Gasteiger partial charge is 0.444 e. The van der Waals surface area contributed by atoms with Gasteiger partial charge in [-0.2, -0.15) is 0 Å². The highest BCUT2D eigenvalue weighted by atomic mass is 16.6. The van der Waals surface area contributed by atoms with E-state index in [2.05, 4.69) is 16.6 Å². The van der Waals surface area contributed by atoms with Crippen LogP contribution in [0.15, 0.2) is 66.7 Å². The molecule has 0 aliphatic heterocycles. The van der Waals surface area contributed by atoms with Crippen LogP contribution in [0, 0.1) is 12.3 Å². The van der Waals surface area contributed by atoms with Gasteiger partial charge in [0.25, 0.3) is 5.91 Å². The quantitative estimate of drug-likeness (QED) is 0.417. The highest BCUT2D eigenvalue weighted by molar-refractivity contribution is 6.00. The number of nitrogens with one attached hydrogen (secondary N) is 2. The number of rotatable bonds is 6. The Morgan fingerprint density at radius 2 is 1.55 bits per heavy atom. The van der Waals surface area contributed by atoms with Crippen molar-refractivity contribution in [2.45, 2.75) is 58.7 Å². The molecule has 198 valence electrons. The molecule has 3 rings (SSSR count). The number of nitrogens with zero attached hydrogens (tertiary/aromatic N) is 1. The molecular formula is C31H35N3O4. The number of amides is 3. The predicted octanol–water partition coefficient (Wildman–Crippen LogP) is 5.65. The molecule has 0 aromatic heterocycles. The third-order valence-electron chi connectivity index (χ3n) is 5.71. The van der Waals surface area contributed by atoms with E-state index in [1.165, 1.54) is 4.90 Å². The number of anilines is 1. The van der Waals surface area contributed by atoms with Crippen molar-refractivity contribution in [1.29, 1.82) is 0 Å². The first-order valence-electron chi connectivity index (χ1n) is 12.4. The summed E-state index contributed by atoms with van der Waals surface area (Å²) in [6, 6.07) is 19.4. The molecule has 3 amide bonds. The van der Waals surface area contributed by atoms with E-state index >= 15 is 0 Å². The van der Waals surface area contributed by atoms with Gasteiger partial charge < -0.3 is 20.3 Å². The van der Waals surface area contributed by atoms with Crippen molar-refractivity contribution in [2.75, 3.05) is 11.9 Å². The highest BCUT2D eigenvalue weighted by Gasteiger charge is 2.39. The molecular weight excluding hydrogens is 478 g/mol. The second-order valence-electron chi connectivity index (χ2n) is 11.0. The van der Waals surface area contributed by atoms with Gasteiger partial charge in [0, 0.05) is 16.8 Å². The highest BCUT2D eigenvalue weighted by Crippen LogP contribution is 2.32. The number of benzene rings is 3. The van der Waals surface area contributed by atoms with Gasteiger partial charge in [0.1, 0.15) is 18.2 Å². The van der Waals surface area contributed by atoms with Crippen molar-refractivity contribution >= 4 is 34.4 Å². The minimum absolute atomic E-state index is 0.357. The molecule has 7 nitrogen and oxygen atoms in total. The summed E-state index contributed by atoms with van der Waals surface area (Å²) in [6.07, 6.45) is 5.07. The van der Waals surface area contributed by atoms with Crippen LogP contribution in [0.25, 0.3) is 10.8 Å². The third kappa shape index (κ3) is 7.13. The molecule has 7 heteroatoms. The minimum Gasteiger partial charge on any atom is -0.444 e. The molecule has 3 aromatic carbocycles. The van der Waals surface area contributed by atoms with Crippen molar-refractivity contribution in [3.05, 3.63) is 77.9 Å². The van der Waals surface area contributed by atoms with Gasteiger partial charge in [0.2, 0.25) is 5.91 Å². The van der Waals surface area contributed by atoms with Crippen molar-refractivity contribution in [3.8, 4) is 12.3 Å². The molecule has 0 saturated heterocycles. The molecule has 0 saturated carbocycles. The summed E-state index contributed by atoms with van der Waals surface area (Å²) < 4.78 is 5.27. The molecule has 0 spiro atoms. The van der Waals surface area contributed by atoms with Gasteiger partial charge in [0.05, 0.1) is 0 Å². The zero-order valence-electron chi connectivity index (χ0n) is 22.8. The number of hydrogen-bond acceptors (Lipinski definition) is 4. The first-order chi connectivity index (χ1) is 17.8. The van der Waals surface area contributed by atoms with Gasteiger partial charge in [0.15, 0.2) is 0 Å². The topological polar surface area (TPSA) is 87.7 Å². The van der Waals surface area contributed by atoms with E-state index in [4.69, 9.17) is 11.2 Å². The molecule has 0 radical (unpaired) electrons. The van der Waals surface area contributed by atoms with Crippen molar-refractivity contribution in [3.63, 3.8) is 0 Å². The van der Waals surface area contributed by atoms with Gasteiger partial charge in [-0.3, -0.25) is 9.59 Å². The Kier molecular flexibility index (Phi) is 8.47. The Labute approximate surface area is 224 Å². The van der Waals surface area contributed by atoms with Gasteiger partial charge >= 0.3 is 6.09 Å². The molecule has 1 unspecified atom stereocenters. The number of carbonyl (C=O) groups excluding carboxylic acids is 3. The second kappa shape index (κ2) is 11.4. The lowest BCUT2D eigenvalue weighted by molar-refractivity contribution is -0.144. The SMILES string of the molecule is C#Cc1ccccc1C(C(=O)Nc1ccc2ccccc2c1)N(C(=O)CNC(=O)OC(C)(C)C)C(C)(C)C. The second-order valence-corrected chi connectivity index (χ2v) is 11.0. The van der Waals surface area contributed by atoms with E-state index < -0.39 is 35.1 Å². The Bertz CT molecular complexity index is 1380. The van der Waals surface area contributed by atoms with Crippen LogP contribution in [-0.4, -0.2) is 40.5 Å². The summed E-state index contributed by atoms with van der Waals surface area (Å²) in [4.78, 5) is 41.3. The number of alkyl carbamates (subject to hydrolysis) is 1. The van der Waals surface area contributed by atoms with Crippen LogP contribution in [0.3, 0.4) is 0 Å². The molecule has 0 bridgehead atoms. The molecule has 3 aromatic rings. The lowest BCUT2D eigenvalue weighted by Crippen LogP contribution is -2.54. The normalized spacial score (nSPS) is 12.2. The summed E-state index contributed by atoms with van der Waals surface area (Å²) >= 11 is 0. The van der Waals surface area contributed by atoms with Gasteiger partial charge in [-0.15, -0.1) is 6.42 Å². The van der Waals surface area contributed by atoms with Crippen LogP contribution in [0.2, 0.25) is 0 Å². The van der Waals surface area contributed by atoms with E-state index in [1.807, 2.05) is 63.2 Å². The number of carbonyl (C=O) groups is 3. The fraction of sp³-hybridized carbons (Fsp3) is 0.323. The van der Waals surface area contributed by atoms with E-state index in [0.717, 1.165) is 10.8 Å². The first kappa shape index (κ1) is 28.3. The third-order valence-corrected chi connectivity index (χ3v) is 5.71. The molecule has 1 atom stereocenters. The minimum atomic E-state index is -1.07. The maximum absolute atomic E-state index is 14.0. The average molecular weight is 514 g/mol. The van der Waals surface area contributed by atoms with E-state index in [-0.39, 0.29) is 6.54 Å². The summed E-state index contributed by atoms with van der Waals surface area (Å²) in [5.74, 6) is 1.74. The summed E-state index contributed by atoms with van der Waals surface area (Å²) in [5.41, 5.74) is 0.0669. The van der Waals surface area contributed by atoms with Crippen LogP contribution >= 0.6 is 0 Å². The van der Waals surface area contributed by atoms with E-state index in [0.29, 0.717) is 16.8 Å². The van der Waals surface area contributed by atoms with Crippen LogP contribution in [-0.2, 0) is 14.3 Å². The lowest BCUT2D eigenvalue weighted by Gasteiger charge is -2.41. The van der Waals surface area contributed by atoms with Crippen LogP contribution < -0.4 is 10.6 Å². The number of fused-ring (bicyclic) bond motifs is 1. The van der Waals surface area contributed by atoms with Crippen LogP contribution in [0.1, 0.15) is 58.7 Å². The predicted molar refractivity (Wildman–Crippen MR) is 151 cm³/mol. The average Bonchev–Trinajstić information content (AvgIpc) is 2.83. The van der Waals surface area contributed by atoms with Gasteiger partial charge in [-0.05, 0) is 76.1 Å². The lowest BCUT2D eigenvalue weighted by atomic mass is 9.93. The van der Waals surface area contributed by atoms with Gasteiger partial charge in [-0.25, -0.2) is 4.79 Å². The Morgan fingerprint density at radius 3 is 2.18 bits per heavy atom. The Morgan fingerprint density at radius 1 is 0.921 bits per heavy atom. The molecule has 0 aliphatic carbocycles. The molecule has 0 aliphatic rings. The Balaban J connectivity index is 2.00. The van der Waals surface area contributed by atoms with Gasteiger partial charge in [-0.1, -0.05) is 54.5 Å². The first-order valence-corrected chi connectivity index (χ1v) is 12.4. The number of hydrogen-bond donors (Lipinski definition) is 2. The van der Waals surface area contributed by atoms with Crippen LogP contribution in [0.5, 0.6) is 0 Å². The molecule has 38 heavy (non-hydrogen) atoms. The number of ether oxygens (including phenoxy) is 1. The zero-order chi connectivity index (χ0) is 28.1. The zero-order valence-corrected chi connectivity index (χ0v) is 22.8.